The van der Waals surface area contributed by atoms with Gasteiger partial charge < -0.3 is 5.32 Å². The van der Waals surface area contributed by atoms with Gasteiger partial charge in [-0.15, -0.1) is 0 Å². The molecular weight excluding hydrogens is 170 g/mol. The Balaban J connectivity index is 2.16. The second-order valence-corrected chi connectivity index (χ2v) is 4.05. The number of rotatable bonds is 1. The first-order valence-electron chi connectivity index (χ1n) is 2.76. The summed E-state index contributed by atoms with van der Waals surface area (Å²) in [5.74, 6) is 0.0337. The van der Waals surface area contributed by atoms with Crippen LogP contribution < -0.4 is 5.32 Å². The fraction of sp³-hybridized carbons (Fsp3) is 0.600. The van der Waals surface area contributed by atoms with Gasteiger partial charge in [-0.3, -0.25) is 9.59 Å². The Hall–Kier alpha value is -0.160. The lowest BCUT2D eigenvalue weighted by Crippen LogP contribution is -2.46. The lowest BCUT2D eigenvalue weighted by atomic mass is 10.3. The van der Waals surface area contributed by atoms with Crippen molar-refractivity contribution in [2.75, 3.05) is 6.26 Å². The molecule has 3 nitrogen and oxygen atoms in total. The molecule has 0 bridgehead atoms. The van der Waals surface area contributed by atoms with Crippen molar-refractivity contribution in [2.45, 2.75) is 11.8 Å². The Morgan fingerprint density at radius 1 is 1.80 bits per heavy atom. The van der Waals surface area contributed by atoms with E-state index in [2.05, 4.69) is 5.32 Å². The Morgan fingerprint density at radius 3 is 2.80 bits per heavy atom. The maximum Gasteiger partial charge on any atom is 0.247 e. The Morgan fingerprint density at radius 2 is 2.40 bits per heavy atom. The van der Waals surface area contributed by atoms with Gasteiger partial charge in [-0.2, -0.15) is 0 Å². The molecule has 0 aromatic rings. The van der Waals surface area contributed by atoms with E-state index in [0.29, 0.717) is 6.42 Å². The summed E-state index contributed by atoms with van der Waals surface area (Å²) < 4.78 is 0.0602. The van der Waals surface area contributed by atoms with Crippen molar-refractivity contribution in [3.63, 3.8) is 0 Å². The second-order valence-electron chi connectivity index (χ2n) is 1.83. The van der Waals surface area contributed by atoms with Gasteiger partial charge in [0.1, 0.15) is 0 Å². The first-order valence-corrected chi connectivity index (χ1v) is 4.87. The summed E-state index contributed by atoms with van der Waals surface area (Å²) in [5.41, 5.74) is 0. The number of hydrogen-bond acceptors (Lipinski definition) is 4. The minimum absolute atomic E-state index is 0.0337. The molecule has 1 N–H and O–H groups in total. The Kier molecular flexibility index (Phi) is 2.62. The monoisotopic (exact) mass is 177 g/mol. The van der Waals surface area contributed by atoms with Crippen molar-refractivity contribution in [3.05, 3.63) is 0 Å². The SMILES string of the molecule is CSC(=O)SC1CC(=O)N1. The second kappa shape index (κ2) is 3.30. The molecule has 0 radical (unpaired) electrons. The molecule has 0 saturated carbocycles. The average molecular weight is 177 g/mol. The predicted molar refractivity (Wildman–Crippen MR) is 43.0 cm³/mol. The number of β-lactam (4-membered cyclic amide) rings is 1. The number of carbonyl (C=O) groups excluding carboxylic acids is 2. The largest absolute Gasteiger partial charge is 0.343 e. The van der Waals surface area contributed by atoms with E-state index in [1.54, 1.807) is 6.26 Å². The molecule has 56 valence electrons. The zero-order valence-electron chi connectivity index (χ0n) is 5.42. The van der Waals surface area contributed by atoms with Gasteiger partial charge in [-0.25, -0.2) is 0 Å². The van der Waals surface area contributed by atoms with Gasteiger partial charge in [0.15, 0.2) is 0 Å². The van der Waals surface area contributed by atoms with Crippen LogP contribution in [0.25, 0.3) is 0 Å². The van der Waals surface area contributed by atoms with E-state index in [1.165, 1.54) is 23.5 Å². The van der Waals surface area contributed by atoms with E-state index in [-0.39, 0.29) is 15.7 Å². The van der Waals surface area contributed by atoms with Gasteiger partial charge in [0.2, 0.25) is 10.4 Å². The van der Waals surface area contributed by atoms with Crippen LogP contribution in [0.15, 0.2) is 0 Å². The van der Waals surface area contributed by atoms with E-state index < -0.39 is 0 Å². The van der Waals surface area contributed by atoms with E-state index in [0.717, 1.165) is 0 Å². The summed E-state index contributed by atoms with van der Waals surface area (Å²) in [7, 11) is 0. The fourth-order valence-corrected chi connectivity index (χ4v) is 1.95. The summed E-state index contributed by atoms with van der Waals surface area (Å²) in [6, 6.07) is 0. The zero-order chi connectivity index (χ0) is 7.56. The topological polar surface area (TPSA) is 46.2 Å². The van der Waals surface area contributed by atoms with Crippen molar-refractivity contribution in [3.8, 4) is 0 Å². The van der Waals surface area contributed by atoms with Crippen molar-refractivity contribution in [2.24, 2.45) is 0 Å². The number of thioether (sulfide) groups is 2. The summed E-state index contributed by atoms with van der Waals surface area (Å²) in [4.78, 5) is 21.0. The molecule has 0 aromatic heterocycles. The molecule has 1 aliphatic heterocycles. The molecule has 1 rings (SSSR count). The molecule has 1 atom stereocenters. The molecule has 0 aliphatic carbocycles. The Labute approximate surface area is 67.3 Å². The van der Waals surface area contributed by atoms with Crippen LogP contribution in [0, 0.1) is 0 Å². The number of carbonyl (C=O) groups is 2. The summed E-state index contributed by atoms with van der Waals surface area (Å²) >= 11 is 2.36. The van der Waals surface area contributed by atoms with Gasteiger partial charge in [-0.05, 0) is 6.26 Å². The number of hydrogen-bond donors (Lipinski definition) is 1. The minimum Gasteiger partial charge on any atom is -0.343 e. The van der Waals surface area contributed by atoms with Crippen LogP contribution in [-0.4, -0.2) is 22.0 Å². The van der Waals surface area contributed by atoms with Crippen molar-refractivity contribution >= 4 is 33.9 Å². The van der Waals surface area contributed by atoms with Gasteiger partial charge in [0.05, 0.1) is 11.8 Å². The molecule has 1 saturated heterocycles. The third kappa shape index (κ3) is 1.91. The summed E-state index contributed by atoms with van der Waals surface area (Å²) in [6.45, 7) is 0. The van der Waals surface area contributed by atoms with Crippen LogP contribution in [0.4, 0.5) is 4.79 Å². The third-order valence-corrected chi connectivity index (χ3v) is 2.98. The van der Waals surface area contributed by atoms with Crippen molar-refractivity contribution < 1.29 is 9.59 Å². The number of nitrogens with one attached hydrogen (secondary N) is 1. The zero-order valence-corrected chi connectivity index (χ0v) is 7.05. The maximum absolute atomic E-state index is 10.7. The Bertz CT molecular complexity index is 163. The first-order chi connectivity index (χ1) is 4.72. The van der Waals surface area contributed by atoms with E-state index in [1.807, 2.05) is 0 Å². The number of amides is 1. The molecule has 0 aromatic carbocycles. The van der Waals surface area contributed by atoms with Crippen molar-refractivity contribution in [1.29, 1.82) is 0 Å². The highest BCUT2D eigenvalue weighted by Gasteiger charge is 2.27. The molecule has 0 spiro atoms. The van der Waals surface area contributed by atoms with Gasteiger partial charge >= 0.3 is 0 Å². The van der Waals surface area contributed by atoms with Gasteiger partial charge in [0, 0.05) is 0 Å². The standard InChI is InChI=1S/C5H7NO2S2/c1-9-5(8)10-4-2-3(7)6-4/h4H,2H2,1H3,(H,6,7). The molecule has 1 fully saturated rings. The van der Waals surface area contributed by atoms with Crippen LogP contribution in [-0.2, 0) is 4.79 Å². The molecule has 5 heteroatoms. The highest BCUT2D eigenvalue weighted by molar-refractivity contribution is 8.38. The molecule has 1 heterocycles. The van der Waals surface area contributed by atoms with Crippen LogP contribution >= 0.6 is 23.5 Å². The molecule has 1 aliphatic rings. The summed E-state index contributed by atoms with van der Waals surface area (Å²) in [6.07, 6.45) is 2.22. The van der Waals surface area contributed by atoms with Crippen LogP contribution in [0.1, 0.15) is 6.42 Å². The van der Waals surface area contributed by atoms with Gasteiger partial charge in [0.25, 0.3) is 0 Å². The third-order valence-electron chi connectivity index (χ3n) is 1.10. The van der Waals surface area contributed by atoms with Crippen LogP contribution in [0.3, 0.4) is 0 Å². The molecule has 10 heavy (non-hydrogen) atoms. The normalized spacial score (nSPS) is 23.3. The molecular formula is C5H7NO2S2. The van der Waals surface area contributed by atoms with E-state index in [4.69, 9.17) is 0 Å². The van der Waals surface area contributed by atoms with Gasteiger partial charge in [-0.1, -0.05) is 23.5 Å². The van der Waals surface area contributed by atoms with Crippen molar-refractivity contribution in [1.82, 2.24) is 5.32 Å². The smallest absolute Gasteiger partial charge is 0.247 e. The lowest BCUT2D eigenvalue weighted by Gasteiger charge is -2.24. The fourth-order valence-electron chi connectivity index (χ4n) is 0.562. The predicted octanol–water partition coefficient (Wildman–Crippen LogP) is 1.05. The highest BCUT2D eigenvalue weighted by Crippen LogP contribution is 2.24. The minimum atomic E-state index is 0.0337. The molecule has 1 unspecified atom stereocenters. The average Bonchev–Trinajstić information content (AvgIpc) is 1.84. The van der Waals surface area contributed by atoms with Crippen LogP contribution in [0.2, 0.25) is 0 Å². The molecule has 1 amide bonds. The quantitative estimate of drug-likeness (QED) is 0.608. The highest BCUT2D eigenvalue weighted by atomic mass is 32.2. The first kappa shape index (κ1) is 7.94. The van der Waals surface area contributed by atoms with E-state index >= 15 is 0 Å². The maximum atomic E-state index is 10.7. The summed E-state index contributed by atoms with van der Waals surface area (Å²) in [5, 5.41) is 2.63. The van der Waals surface area contributed by atoms with Crippen LogP contribution in [0.5, 0.6) is 0 Å². The lowest BCUT2D eigenvalue weighted by molar-refractivity contribution is -0.126. The van der Waals surface area contributed by atoms with E-state index in [9.17, 15) is 9.59 Å².